The molecule has 7 rings (SSSR count). The van der Waals surface area contributed by atoms with E-state index in [4.69, 9.17) is 9.47 Å². The Morgan fingerprint density at radius 2 is 1.47 bits per heavy atom. The van der Waals surface area contributed by atoms with Crippen LogP contribution in [-0.2, 0) is 6.42 Å². The van der Waals surface area contributed by atoms with Crippen molar-refractivity contribution in [2.24, 2.45) is 11.3 Å². The number of hydrogen-bond acceptors (Lipinski definition) is 6. The first-order valence-electron chi connectivity index (χ1n) is 15.4. The van der Waals surface area contributed by atoms with Gasteiger partial charge in [0, 0.05) is 28.3 Å². The number of ether oxygens (including phenoxy) is 2. The van der Waals surface area contributed by atoms with E-state index in [0.29, 0.717) is 39.7 Å². The van der Waals surface area contributed by atoms with Crippen LogP contribution >= 0.6 is 0 Å². The predicted molar refractivity (Wildman–Crippen MR) is 175 cm³/mol. The van der Waals surface area contributed by atoms with Crippen LogP contribution in [0.3, 0.4) is 0 Å². The SMILES string of the molecule is COc1ccc([C@H]2[C@@H](C(=O)c3ccc(CC(C)C)cc3)N3c4ccccc4C=C[C@@H]3C23C(=O)c2ccccc2C3=O)cc1OC. The minimum absolute atomic E-state index is 0.144. The molecular weight excluding hydrogens is 562 g/mol. The van der Waals surface area contributed by atoms with Crippen LogP contribution in [0.25, 0.3) is 6.08 Å². The van der Waals surface area contributed by atoms with Gasteiger partial charge in [-0.15, -0.1) is 0 Å². The highest BCUT2D eigenvalue weighted by molar-refractivity contribution is 6.32. The van der Waals surface area contributed by atoms with E-state index in [1.54, 1.807) is 44.6 Å². The molecule has 1 spiro atoms. The molecule has 1 aliphatic carbocycles. The standard InChI is InChI=1S/C39H35NO5/c1-23(2)21-24-13-15-26(16-14-24)36(41)35-34(27-17-19-31(44-3)32(22-27)45-4)39(37(42)28-10-6-7-11-29(28)38(39)43)33-20-18-25-9-5-8-12-30(25)40(33)35/h5-20,22-23,33-35H,21H2,1-4H3/t33-,34+,35+/m1/s1. The van der Waals surface area contributed by atoms with Gasteiger partial charge < -0.3 is 14.4 Å². The third-order valence-corrected chi connectivity index (χ3v) is 9.63. The molecule has 0 saturated carbocycles. The number of para-hydroxylation sites is 1. The molecule has 0 bridgehead atoms. The molecule has 6 heteroatoms. The Hall–Kier alpha value is -4.97. The second-order valence-electron chi connectivity index (χ2n) is 12.5. The van der Waals surface area contributed by atoms with Crippen LogP contribution in [0.15, 0.2) is 97.1 Å². The van der Waals surface area contributed by atoms with Crippen LogP contribution in [-0.4, -0.2) is 43.7 Å². The van der Waals surface area contributed by atoms with Crippen molar-refractivity contribution in [2.45, 2.75) is 38.3 Å². The monoisotopic (exact) mass is 597 g/mol. The lowest BCUT2D eigenvalue weighted by atomic mass is 9.64. The number of hydrogen-bond donors (Lipinski definition) is 0. The van der Waals surface area contributed by atoms with E-state index in [1.165, 1.54) is 0 Å². The summed E-state index contributed by atoms with van der Waals surface area (Å²) in [6.07, 6.45) is 4.82. The minimum atomic E-state index is -1.58. The van der Waals surface area contributed by atoms with Crippen LogP contribution in [0, 0.1) is 11.3 Å². The Bertz CT molecular complexity index is 1840. The Morgan fingerprint density at radius 3 is 2.11 bits per heavy atom. The molecule has 3 aliphatic rings. The zero-order valence-corrected chi connectivity index (χ0v) is 25.8. The molecule has 0 unspecified atom stereocenters. The Kier molecular flexibility index (Phi) is 6.96. The summed E-state index contributed by atoms with van der Waals surface area (Å²) in [5.41, 5.74) is 3.31. The van der Waals surface area contributed by atoms with Gasteiger partial charge in [-0.25, -0.2) is 0 Å². The smallest absolute Gasteiger partial charge is 0.185 e. The molecule has 6 nitrogen and oxygen atoms in total. The number of benzene rings is 4. The maximum Gasteiger partial charge on any atom is 0.185 e. The molecule has 0 radical (unpaired) electrons. The van der Waals surface area contributed by atoms with Gasteiger partial charge >= 0.3 is 0 Å². The van der Waals surface area contributed by atoms with E-state index >= 15 is 0 Å². The average molecular weight is 598 g/mol. The van der Waals surface area contributed by atoms with E-state index in [9.17, 15) is 14.4 Å². The first kappa shape index (κ1) is 28.8. The second-order valence-corrected chi connectivity index (χ2v) is 12.5. The first-order chi connectivity index (χ1) is 21.8. The van der Waals surface area contributed by atoms with Crippen LogP contribution in [0.5, 0.6) is 11.5 Å². The third-order valence-electron chi connectivity index (χ3n) is 9.63. The van der Waals surface area contributed by atoms with Gasteiger partial charge in [0.1, 0.15) is 11.5 Å². The molecule has 3 atom stereocenters. The molecule has 0 aromatic heterocycles. The summed E-state index contributed by atoms with van der Waals surface area (Å²) >= 11 is 0. The summed E-state index contributed by atoms with van der Waals surface area (Å²) in [4.78, 5) is 46.7. The van der Waals surface area contributed by atoms with Gasteiger partial charge in [-0.2, -0.15) is 0 Å². The highest BCUT2D eigenvalue weighted by Crippen LogP contribution is 2.61. The number of rotatable bonds is 7. The Balaban J connectivity index is 1.50. The topological polar surface area (TPSA) is 72.9 Å². The molecule has 0 N–H and O–H groups in total. The summed E-state index contributed by atoms with van der Waals surface area (Å²) in [6.45, 7) is 4.33. The van der Waals surface area contributed by atoms with Crippen molar-refractivity contribution in [3.05, 3.63) is 130 Å². The lowest BCUT2D eigenvalue weighted by Crippen LogP contribution is -2.48. The predicted octanol–water partition coefficient (Wildman–Crippen LogP) is 7.22. The quantitative estimate of drug-likeness (QED) is 0.166. The fourth-order valence-electron chi connectivity index (χ4n) is 7.78. The van der Waals surface area contributed by atoms with Crippen LogP contribution in [0.4, 0.5) is 5.69 Å². The fraction of sp³-hybridized carbons (Fsp3) is 0.256. The number of carbonyl (C=O) groups excluding carboxylic acids is 3. The van der Waals surface area contributed by atoms with Gasteiger partial charge in [-0.3, -0.25) is 14.4 Å². The Labute approximate surface area is 263 Å². The molecule has 45 heavy (non-hydrogen) atoms. The fourth-order valence-corrected chi connectivity index (χ4v) is 7.78. The number of methoxy groups -OCH3 is 2. The molecule has 4 aromatic carbocycles. The summed E-state index contributed by atoms with van der Waals surface area (Å²) in [6, 6.07) is 26.5. The van der Waals surface area contributed by atoms with Crippen molar-refractivity contribution in [1.29, 1.82) is 0 Å². The van der Waals surface area contributed by atoms with E-state index in [2.05, 4.69) is 13.8 Å². The summed E-state index contributed by atoms with van der Waals surface area (Å²) < 4.78 is 11.2. The first-order valence-corrected chi connectivity index (χ1v) is 15.4. The number of Topliss-reactive ketones (excluding diaryl/α,β-unsaturated/α-hetero) is 3. The summed E-state index contributed by atoms with van der Waals surface area (Å²) in [5, 5.41) is 0. The highest BCUT2D eigenvalue weighted by Gasteiger charge is 2.71. The molecule has 2 heterocycles. The minimum Gasteiger partial charge on any atom is -0.493 e. The van der Waals surface area contributed by atoms with Crippen molar-refractivity contribution in [3.8, 4) is 11.5 Å². The van der Waals surface area contributed by atoms with Crippen molar-refractivity contribution >= 4 is 29.1 Å². The molecule has 4 aromatic rings. The van der Waals surface area contributed by atoms with E-state index < -0.39 is 23.4 Å². The van der Waals surface area contributed by atoms with E-state index in [-0.39, 0.29) is 17.3 Å². The second kappa shape index (κ2) is 10.9. The molecular formula is C39H35NO5. The van der Waals surface area contributed by atoms with Crippen molar-refractivity contribution in [3.63, 3.8) is 0 Å². The highest BCUT2D eigenvalue weighted by atomic mass is 16.5. The molecule has 2 aliphatic heterocycles. The molecule has 0 amide bonds. The van der Waals surface area contributed by atoms with Gasteiger partial charge in [-0.1, -0.05) is 98.8 Å². The zero-order chi connectivity index (χ0) is 31.5. The number of nitrogens with zero attached hydrogens (tertiary/aromatic N) is 1. The van der Waals surface area contributed by atoms with Gasteiger partial charge in [-0.05, 0) is 47.2 Å². The maximum absolute atomic E-state index is 15.0. The van der Waals surface area contributed by atoms with Crippen molar-refractivity contribution in [2.75, 3.05) is 19.1 Å². The number of carbonyl (C=O) groups is 3. The Morgan fingerprint density at radius 1 is 0.822 bits per heavy atom. The van der Waals surface area contributed by atoms with Crippen molar-refractivity contribution < 1.29 is 23.9 Å². The van der Waals surface area contributed by atoms with Gasteiger partial charge in [0.25, 0.3) is 0 Å². The van der Waals surface area contributed by atoms with E-state index in [1.807, 2.05) is 77.7 Å². The molecule has 1 saturated heterocycles. The van der Waals surface area contributed by atoms with Crippen molar-refractivity contribution in [1.82, 2.24) is 0 Å². The molecule has 1 fully saturated rings. The zero-order valence-electron chi connectivity index (χ0n) is 25.8. The number of anilines is 1. The van der Waals surface area contributed by atoms with Gasteiger partial charge in [0.05, 0.1) is 20.3 Å². The largest absolute Gasteiger partial charge is 0.493 e. The number of fused-ring (bicyclic) bond motifs is 5. The van der Waals surface area contributed by atoms with Crippen LogP contribution < -0.4 is 14.4 Å². The number of ketones is 3. The lowest BCUT2D eigenvalue weighted by Gasteiger charge is -2.37. The van der Waals surface area contributed by atoms with Crippen LogP contribution in [0.2, 0.25) is 0 Å². The maximum atomic E-state index is 15.0. The van der Waals surface area contributed by atoms with Gasteiger partial charge in [0.15, 0.2) is 28.8 Å². The molecule has 226 valence electrons. The van der Waals surface area contributed by atoms with E-state index in [0.717, 1.165) is 23.2 Å². The summed E-state index contributed by atoms with van der Waals surface area (Å²) in [7, 11) is 3.11. The average Bonchev–Trinajstić information content (AvgIpc) is 3.50. The van der Waals surface area contributed by atoms with Crippen LogP contribution in [0.1, 0.15) is 67.5 Å². The summed E-state index contributed by atoms with van der Waals surface area (Å²) in [5.74, 6) is -0.0243. The van der Waals surface area contributed by atoms with Gasteiger partial charge in [0.2, 0.25) is 0 Å². The third kappa shape index (κ3) is 4.19. The normalized spacial score (nSPS) is 20.7. The lowest BCUT2D eigenvalue weighted by molar-refractivity contribution is 0.0665.